The van der Waals surface area contributed by atoms with E-state index in [1.807, 2.05) is 19.1 Å². The molecule has 0 saturated carbocycles. The van der Waals surface area contributed by atoms with Crippen molar-refractivity contribution < 1.29 is 9.90 Å². The Morgan fingerprint density at radius 1 is 1.21 bits per heavy atom. The average Bonchev–Trinajstić information content (AvgIpc) is 2.64. The smallest absolute Gasteiger partial charge is 0.328 e. The minimum absolute atomic E-state index is 0.158. The molecule has 29 heavy (non-hydrogen) atoms. The third-order valence-electron chi connectivity index (χ3n) is 6.18. The van der Waals surface area contributed by atoms with Crippen LogP contribution < -0.4 is 4.90 Å². The Balaban J connectivity index is 2.68. The van der Waals surface area contributed by atoms with Crippen LogP contribution in [0, 0.1) is 0 Å². The molecule has 0 aromatic heterocycles. The SMILES string of the molecule is CCN1CCC(C)(C)c2cc(C(C)C)cc(\C(C)=C(C)/C=C/C(C)=C/C(=O)O)c21. The van der Waals surface area contributed by atoms with E-state index in [0.29, 0.717) is 5.92 Å². The summed E-state index contributed by atoms with van der Waals surface area (Å²) in [6.07, 6.45) is 6.31. The third-order valence-corrected chi connectivity index (χ3v) is 6.18. The fourth-order valence-corrected chi connectivity index (χ4v) is 3.95. The minimum atomic E-state index is -0.912. The quantitative estimate of drug-likeness (QED) is 0.430. The van der Waals surface area contributed by atoms with Crippen molar-refractivity contribution in [3.63, 3.8) is 0 Å². The highest BCUT2D eigenvalue weighted by atomic mass is 16.4. The summed E-state index contributed by atoms with van der Waals surface area (Å²) in [5.74, 6) is -0.443. The van der Waals surface area contributed by atoms with Crippen LogP contribution in [0.1, 0.15) is 84.4 Å². The number of benzene rings is 1. The summed E-state index contributed by atoms with van der Waals surface area (Å²) < 4.78 is 0. The number of nitrogens with zero attached hydrogens (tertiary/aromatic N) is 1. The summed E-state index contributed by atoms with van der Waals surface area (Å²) in [6.45, 7) is 19.6. The summed E-state index contributed by atoms with van der Waals surface area (Å²) in [5.41, 5.74) is 8.81. The largest absolute Gasteiger partial charge is 0.478 e. The summed E-state index contributed by atoms with van der Waals surface area (Å²) in [5, 5.41) is 8.93. The number of fused-ring (bicyclic) bond motifs is 1. The molecule has 0 amide bonds. The fraction of sp³-hybridized carbons (Fsp3) is 0.500. The lowest BCUT2D eigenvalue weighted by Gasteiger charge is -2.42. The van der Waals surface area contributed by atoms with Crippen LogP contribution in [0.4, 0.5) is 5.69 Å². The van der Waals surface area contributed by atoms with E-state index >= 15 is 0 Å². The van der Waals surface area contributed by atoms with Crippen molar-refractivity contribution in [2.45, 2.75) is 73.1 Å². The fourth-order valence-electron chi connectivity index (χ4n) is 3.95. The van der Waals surface area contributed by atoms with Crippen molar-refractivity contribution >= 4 is 17.2 Å². The van der Waals surface area contributed by atoms with Gasteiger partial charge in [0.1, 0.15) is 0 Å². The molecule has 1 N–H and O–H groups in total. The van der Waals surface area contributed by atoms with Gasteiger partial charge in [-0.3, -0.25) is 0 Å². The van der Waals surface area contributed by atoms with Crippen LogP contribution in [-0.2, 0) is 10.2 Å². The van der Waals surface area contributed by atoms with Crippen molar-refractivity contribution in [3.05, 3.63) is 58.2 Å². The highest BCUT2D eigenvalue weighted by Crippen LogP contribution is 2.45. The molecule has 2 rings (SSSR count). The van der Waals surface area contributed by atoms with Crippen LogP contribution in [0.15, 0.2) is 41.5 Å². The molecule has 0 spiro atoms. The van der Waals surface area contributed by atoms with Gasteiger partial charge in [0.05, 0.1) is 0 Å². The zero-order valence-corrected chi connectivity index (χ0v) is 19.4. The van der Waals surface area contributed by atoms with Crippen molar-refractivity contribution in [1.82, 2.24) is 0 Å². The number of rotatable bonds is 6. The Labute approximate surface area is 176 Å². The predicted molar refractivity (Wildman–Crippen MR) is 125 cm³/mol. The van der Waals surface area contributed by atoms with Crippen LogP contribution in [0.2, 0.25) is 0 Å². The van der Waals surface area contributed by atoms with Crippen molar-refractivity contribution in [2.75, 3.05) is 18.0 Å². The first-order chi connectivity index (χ1) is 13.5. The average molecular weight is 396 g/mol. The first-order valence-electron chi connectivity index (χ1n) is 10.7. The molecule has 158 valence electrons. The molecule has 1 aromatic carbocycles. The number of anilines is 1. The normalized spacial score (nSPS) is 17.6. The molecular formula is C26H37NO2. The maximum absolute atomic E-state index is 10.9. The molecule has 3 nitrogen and oxygen atoms in total. The second-order valence-electron chi connectivity index (χ2n) is 9.20. The van der Waals surface area contributed by atoms with E-state index in [1.54, 1.807) is 0 Å². The molecule has 0 saturated heterocycles. The molecule has 0 aliphatic carbocycles. The van der Waals surface area contributed by atoms with Crippen molar-refractivity contribution in [3.8, 4) is 0 Å². The van der Waals surface area contributed by atoms with E-state index in [4.69, 9.17) is 5.11 Å². The van der Waals surface area contributed by atoms with Gasteiger partial charge in [-0.25, -0.2) is 4.79 Å². The van der Waals surface area contributed by atoms with E-state index in [9.17, 15) is 4.79 Å². The van der Waals surface area contributed by atoms with Gasteiger partial charge in [-0.05, 0) is 79.4 Å². The zero-order chi connectivity index (χ0) is 21.9. The van der Waals surface area contributed by atoms with Gasteiger partial charge in [-0.1, -0.05) is 45.9 Å². The lowest BCUT2D eigenvalue weighted by atomic mass is 9.74. The van der Waals surface area contributed by atoms with Gasteiger partial charge in [0.2, 0.25) is 0 Å². The van der Waals surface area contributed by atoms with Gasteiger partial charge >= 0.3 is 5.97 Å². The first kappa shape index (κ1) is 23.0. The van der Waals surface area contributed by atoms with Crippen LogP contribution >= 0.6 is 0 Å². The first-order valence-corrected chi connectivity index (χ1v) is 10.7. The van der Waals surface area contributed by atoms with Crippen LogP contribution in [-0.4, -0.2) is 24.2 Å². The molecule has 1 aromatic rings. The molecule has 0 unspecified atom stereocenters. The number of hydrogen-bond acceptors (Lipinski definition) is 2. The molecule has 1 aliphatic rings. The number of aliphatic carboxylic acids is 1. The maximum atomic E-state index is 10.9. The summed E-state index contributed by atoms with van der Waals surface area (Å²) >= 11 is 0. The van der Waals surface area contributed by atoms with E-state index in [1.165, 1.54) is 34.0 Å². The van der Waals surface area contributed by atoms with Crippen molar-refractivity contribution in [1.29, 1.82) is 0 Å². The van der Waals surface area contributed by atoms with Gasteiger partial charge in [0.15, 0.2) is 0 Å². The van der Waals surface area contributed by atoms with Gasteiger partial charge in [0.25, 0.3) is 0 Å². The lowest BCUT2D eigenvalue weighted by molar-refractivity contribution is -0.131. The lowest BCUT2D eigenvalue weighted by Crippen LogP contribution is -2.38. The van der Waals surface area contributed by atoms with E-state index < -0.39 is 5.97 Å². The highest BCUT2D eigenvalue weighted by molar-refractivity contribution is 5.83. The Bertz CT molecular complexity index is 869. The van der Waals surface area contributed by atoms with Crippen LogP contribution in [0.3, 0.4) is 0 Å². The second-order valence-corrected chi connectivity index (χ2v) is 9.20. The molecule has 1 heterocycles. The number of hydrogen-bond donors (Lipinski definition) is 1. The van der Waals surface area contributed by atoms with Crippen LogP contribution in [0.25, 0.3) is 5.57 Å². The van der Waals surface area contributed by atoms with E-state index in [2.05, 4.69) is 65.5 Å². The van der Waals surface area contributed by atoms with Crippen LogP contribution in [0.5, 0.6) is 0 Å². The third kappa shape index (κ3) is 5.20. The Hall–Kier alpha value is -2.29. The zero-order valence-electron chi connectivity index (χ0n) is 19.4. The molecular weight excluding hydrogens is 358 g/mol. The summed E-state index contributed by atoms with van der Waals surface area (Å²) in [7, 11) is 0. The molecule has 0 fully saturated rings. The maximum Gasteiger partial charge on any atom is 0.328 e. The Morgan fingerprint density at radius 3 is 2.41 bits per heavy atom. The van der Waals surface area contributed by atoms with Gasteiger partial charge in [0, 0.05) is 30.4 Å². The number of carboxylic acid groups (broad SMARTS) is 1. The Kier molecular flexibility index (Phi) is 7.15. The van der Waals surface area contributed by atoms with E-state index in [0.717, 1.165) is 30.7 Å². The molecule has 0 atom stereocenters. The standard InChI is InChI=1S/C26H37NO2/c1-9-27-13-12-26(7,8)23-16-21(17(2)3)15-22(25(23)27)20(6)19(5)11-10-18(4)14-24(28)29/h10-11,14-17H,9,12-13H2,1-8H3,(H,28,29)/b11-10+,18-14+,20-19-. The second kappa shape index (κ2) is 9.02. The predicted octanol–water partition coefficient (Wildman–Crippen LogP) is 6.70. The summed E-state index contributed by atoms with van der Waals surface area (Å²) in [4.78, 5) is 13.4. The van der Waals surface area contributed by atoms with Crippen molar-refractivity contribution in [2.24, 2.45) is 0 Å². The number of carbonyl (C=O) groups is 1. The molecule has 0 bridgehead atoms. The van der Waals surface area contributed by atoms with E-state index in [-0.39, 0.29) is 5.41 Å². The molecule has 1 aliphatic heterocycles. The summed E-state index contributed by atoms with van der Waals surface area (Å²) in [6, 6.07) is 4.78. The minimum Gasteiger partial charge on any atom is -0.478 e. The number of allylic oxidation sites excluding steroid dienone is 5. The monoisotopic (exact) mass is 395 g/mol. The molecule has 3 heteroatoms. The Morgan fingerprint density at radius 2 is 1.86 bits per heavy atom. The van der Waals surface area contributed by atoms with Gasteiger partial charge < -0.3 is 10.0 Å². The molecule has 0 radical (unpaired) electrons. The topological polar surface area (TPSA) is 40.5 Å². The number of carboxylic acids is 1. The highest BCUT2D eigenvalue weighted by Gasteiger charge is 2.33. The van der Waals surface area contributed by atoms with Gasteiger partial charge in [-0.2, -0.15) is 0 Å². The van der Waals surface area contributed by atoms with Gasteiger partial charge in [-0.15, -0.1) is 0 Å².